The average Bonchev–Trinajstić information content (AvgIpc) is 2.54. The summed E-state index contributed by atoms with van der Waals surface area (Å²) < 4.78 is 0. The van der Waals surface area contributed by atoms with E-state index in [-0.39, 0.29) is 0 Å². The predicted octanol–water partition coefficient (Wildman–Crippen LogP) is 6.04. The van der Waals surface area contributed by atoms with Crippen molar-refractivity contribution >= 4 is 10.9 Å². The summed E-state index contributed by atoms with van der Waals surface area (Å²) in [7, 11) is 0. The van der Waals surface area contributed by atoms with Gasteiger partial charge >= 0.3 is 0 Å². The van der Waals surface area contributed by atoms with Crippen LogP contribution in [0.4, 0.5) is 0 Å². The molecule has 1 heterocycles. The molecule has 0 saturated carbocycles. The quantitative estimate of drug-likeness (QED) is 0.644. The molecular weight excluding hydrogens is 270 g/mol. The van der Waals surface area contributed by atoms with Crippen LogP contribution in [-0.2, 0) is 0 Å². The van der Waals surface area contributed by atoms with E-state index in [1.54, 1.807) is 0 Å². The van der Waals surface area contributed by atoms with Gasteiger partial charge in [0.15, 0.2) is 0 Å². The Morgan fingerprint density at radius 2 is 1.95 bits per heavy atom. The van der Waals surface area contributed by atoms with E-state index >= 15 is 0 Å². The lowest BCUT2D eigenvalue weighted by Gasteiger charge is -2.19. The zero-order chi connectivity index (χ0) is 15.9. The van der Waals surface area contributed by atoms with Crippen LogP contribution in [-0.4, -0.2) is 10.1 Å². The summed E-state index contributed by atoms with van der Waals surface area (Å²) in [5, 5.41) is 11.3. The molecule has 1 N–H and O–H groups in total. The molecule has 0 radical (unpaired) electrons. The molecule has 1 aromatic heterocycles. The lowest BCUT2D eigenvalue weighted by Crippen LogP contribution is -2.03. The van der Waals surface area contributed by atoms with Gasteiger partial charge in [-0.3, -0.25) is 4.98 Å². The molecule has 2 atom stereocenters. The zero-order valence-corrected chi connectivity index (χ0v) is 14.2. The molecule has 22 heavy (non-hydrogen) atoms. The molecular formula is C20H29NO. The van der Waals surface area contributed by atoms with Crippen LogP contribution >= 0.6 is 0 Å². The summed E-state index contributed by atoms with van der Waals surface area (Å²) in [6.07, 6.45) is 9.40. The summed E-state index contributed by atoms with van der Waals surface area (Å²) in [4.78, 5) is 4.41. The number of phenols is 1. The van der Waals surface area contributed by atoms with Crippen molar-refractivity contribution in [2.24, 2.45) is 5.92 Å². The number of aromatic nitrogens is 1. The maximum atomic E-state index is 10.3. The summed E-state index contributed by atoms with van der Waals surface area (Å²) in [5.41, 5.74) is 2.01. The van der Waals surface area contributed by atoms with Crippen molar-refractivity contribution in [1.82, 2.24) is 4.98 Å². The van der Waals surface area contributed by atoms with Crippen LogP contribution in [0.15, 0.2) is 30.5 Å². The minimum absolute atomic E-state index is 0.377. The Morgan fingerprint density at radius 3 is 2.68 bits per heavy atom. The van der Waals surface area contributed by atoms with Gasteiger partial charge in [0.2, 0.25) is 0 Å². The maximum absolute atomic E-state index is 10.3. The fourth-order valence-corrected chi connectivity index (χ4v) is 3.21. The highest BCUT2D eigenvalue weighted by Gasteiger charge is 2.14. The van der Waals surface area contributed by atoms with Gasteiger partial charge in [0.1, 0.15) is 5.75 Å². The Balaban J connectivity index is 2.05. The molecule has 0 amide bonds. The van der Waals surface area contributed by atoms with Gasteiger partial charge in [-0.25, -0.2) is 0 Å². The molecule has 0 aliphatic heterocycles. The molecule has 0 saturated heterocycles. The highest BCUT2D eigenvalue weighted by Crippen LogP contribution is 2.33. The first-order valence-electron chi connectivity index (χ1n) is 8.73. The fourth-order valence-electron chi connectivity index (χ4n) is 3.21. The second-order valence-electron chi connectivity index (χ2n) is 6.50. The molecule has 0 aliphatic rings. The van der Waals surface area contributed by atoms with Crippen molar-refractivity contribution in [2.75, 3.05) is 0 Å². The number of aromatic hydroxyl groups is 1. The van der Waals surface area contributed by atoms with Gasteiger partial charge in [-0.2, -0.15) is 0 Å². The minimum Gasteiger partial charge on any atom is -0.508 e. The standard InChI is InChI=1S/C20H29NO/c1-4-6-8-16(5-2)11-10-15(3)18-14-19-17(13-20(18)22)9-7-12-21-19/h7,9,12-16,22H,4-6,8,10-11H2,1-3H3. The molecule has 2 unspecified atom stereocenters. The summed E-state index contributed by atoms with van der Waals surface area (Å²) >= 11 is 0. The Morgan fingerprint density at radius 1 is 1.14 bits per heavy atom. The number of pyridine rings is 1. The predicted molar refractivity (Wildman–Crippen MR) is 94.4 cm³/mol. The summed E-state index contributed by atoms with van der Waals surface area (Å²) in [6.45, 7) is 6.77. The number of benzene rings is 1. The summed E-state index contributed by atoms with van der Waals surface area (Å²) in [6, 6.07) is 7.81. The maximum Gasteiger partial charge on any atom is 0.119 e. The van der Waals surface area contributed by atoms with Crippen molar-refractivity contribution in [3.8, 4) is 5.75 Å². The van der Waals surface area contributed by atoms with E-state index in [0.717, 1.165) is 28.8 Å². The second kappa shape index (κ2) is 8.17. The lowest BCUT2D eigenvalue weighted by molar-refractivity contribution is 0.392. The number of rotatable bonds is 8. The normalized spacial score (nSPS) is 14.1. The van der Waals surface area contributed by atoms with E-state index < -0.39 is 0 Å². The van der Waals surface area contributed by atoms with Crippen LogP contribution in [0.25, 0.3) is 10.9 Å². The number of nitrogens with zero attached hydrogens (tertiary/aromatic N) is 1. The van der Waals surface area contributed by atoms with Crippen molar-refractivity contribution in [3.05, 3.63) is 36.0 Å². The number of hydrogen-bond acceptors (Lipinski definition) is 2. The minimum atomic E-state index is 0.377. The fraction of sp³-hybridized carbons (Fsp3) is 0.550. The van der Waals surface area contributed by atoms with Crippen molar-refractivity contribution in [1.29, 1.82) is 0 Å². The van der Waals surface area contributed by atoms with Crippen molar-refractivity contribution < 1.29 is 5.11 Å². The number of phenolic OH excluding ortho intramolecular Hbond substituents is 1. The average molecular weight is 299 g/mol. The van der Waals surface area contributed by atoms with Gasteiger partial charge in [-0.05, 0) is 48.4 Å². The van der Waals surface area contributed by atoms with E-state index in [1.807, 2.05) is 24.4 Å². The Hall–Kier alpha value is -1.57. The van der Waals surface area contributed by atoms with Gasteiger partial charge in [0.05, 0.1) is 5.52 Å². The van der Waals surface area contributed by atoms with E-state index in [0.29, 0.717) is 11.7 Å². The molecule has 0 spiro atoms. The molecule has 0 aliphatic carbocycles. The molecule has 2 rings (SSSR count). The molecule has 1 aromatic carbocycles. The first kappa shape index (κ1) is 16.8. The van der Waals surface area contributed by atoms with E-state index in [9.17, 15) is 5.11 Å². The largest absolute Gasteiger partial charge is 0.508 e. The zero-order valence-electron chi connectivity index (χ0n) is 14.2. The van der Waals surface area contributed by atoms with Crippen LogP contribution < -0.4 is 0 Å². The van der Waals surface area contributed by atoms with Gasteiger partial charge in [-0.15, -0.1) is 0 Å². The molecule has 2 heteroatoms. The topological polar surface area (TPSA) is 33.1 Å². The van der Waals surface area contributed by atoms with Gasteiger partial charge < -0.3 is 5.11 Å². The van der Waals surface area contributed by atoms with Gasteiger partial charge in [0, 0.05) is 11.6 Å². The molecule has 0 bridgehead atoms. The van der Waals surface area contributed by atoms with E-state index in [1.165, 1.54) is 32.1 Å². The Bertz CT molecular complexity index is 593. The van der Waals surface area contributed by atoms with Gasteiger partial charge in [-0.1, -0.05) is 52.5 Å². The number of hydrogen-bond donors (Lipinski definition) is 1. The Kier molecular flexibility index (Phi) is 6.23. The van der Waals surface area contributed by atoms with Crippen LogP contribution in [0, 0.1) is 5.92 Å². The van der Waals surface area contributed by atoms with Crippen LogP contribution in [0.3, 0.4) is 0 Å². The second-order valence-corrected chi connectivity index (χ2v) is 6.50. The smallest absolute Gasteiger partial charge is 0.119 e. The monoisotopic (exact) mass is 299 g/mol. The lowest BCUT2D eigenvalue weighted by atomic mass is 9.87. The first-order chi connectivity index (χ1) is 10.7. The highest BCUT2D eigenvalue weighted by atomic mass is 16.3. The van der Waals surface area contributed by atoms with Crippen LogP contribution in [0.1, 0.15) is 70.8 Å². The SMILES string of the molecule is CCCCC(CC)CCC(C)c1cc2ncccc2cc1O. The third kappa shape index (κ3) is 4.22. The number of unbranched alkanes of at least 4 members (excludes halogenated alkanes) is 1. The van der Waals surface area contributed by atoms with Crippen LogP contribution in [0.5, 0.6) is 5.75 Å². The van der Waals surface area contributed by atoms with E-state index in [4.69, 9.17) is 0 Å². The molecule has 0 fully saturated rings. The van der Waals surface area contributed by atoms with E-state index in [2.05, 4.69) is 31.8 Å². The van der Waals surface area contributed by atoms with Crippen molar-refractivity contribution in [2.45, 2.75) is 65.2 Å². The summed E-state index contributed by atoms with van der Waals surface area (Å²) in [5.74, 6) is 1.61. The molecule has 2 aromatic rings. The van der Waals surface area contributed by atoms with Gasteiger partial charge in [0.25, 0.3) is 0 Å². The van der Waals surface area contributed by atoms with Crippen LogP contribution in [0.2, 0.25) is 0 Å². The number of fused-ring (bicyclic) bond motifs is 1. The van der Waals surface area contributed by atoms with Crippen molar-refractivity contribution in [3.63, 3.8) is 0 Å². The highest BCUT2D eigenvalue weighted by molar-refractivity contribution is 5.81. The third-order valence-electron chi connectivity index (χ3n) is 4.83. The third-order valence-corrected chi connectivity index (χ3v) is 4.83. The molecule has 2 nitrogen and oxygen atoms in total. The Labute approximate surface area is 134 Å². The molecule has 120 valence electrons. The first-order valence-corrected chi connectivity index (χ1v) is 8.73.